The van der Waals surface area contributed by atoms with Gasteiger partial charge in [0.05, 0.1) is 37.5 Å². The van der Waals surface area contributed by atoms with Gasteiger partial charge in [0.2, 0.25) is 0 Å². The molecular formula is C26H14N6O11. The van der Waals surface area contributed by atoms with Gasteiger partial charge in [0.1, 0.15) is 22.9 Å². The minimum Gasteiger partial charge on any atom is -0.508 e. The van der Waals surface area contributed by atoms with Crippen molar-refractivity contribution in [3.63, 3.8) is 0 Å². The molecule has 1 aliphatic rings. The number of nitro benzene ring substituents is 4. The molecule has 5 rings (SSSR count). The van der Waals surface area contributed by atoms with Crippen LogP contribution in [0.5, 0.6) is 11.5 Å². The van der Waals surface area contributed by atoms with E-state index in [1.165, 1.54) is 24.3 Å². The number of nitrogens with zero attached hydrogens (tertiary/aromatic N) is 6. The van der Waals surface area contributed by atoms with Gasteiger partial charge in [-0.25, -0.2) is 5.01 Å². The molecule has 0 saturated heterocycles. The molecule has 0 atom stereocenters. The van der Waals surface area contributed by atoms with Crippen molar-refractivity contribution in [1.29, 1.82) is 0 Å². The van der Waals surface area contributed by atoms with Crippen molar-refractivity contribution in [2.45, 2.75) is 0 Å². The molecular weight excluding hydrogens is 572 g/mol. The lowest BCUT2D eigenvalue weighted by Crippen LogP contribution is -2.25. The molecule has 0 amide bonds. The first kappa shape index (κ1) is 27.8. The molecule has 1 aliphatic carbocycles. The Morgan fingerprint density at radius 3 is 1.35 bits per heavy atom. The molecule has 0 saturated carbocycles. The number of phenols is 2. The molecule has 43 heavy (non-hydrogen) atoms. The highest BCUT2D eigenvalue weighted by Crippen LogP contribution is 2.43. The SMILES string of the molecule is O=C1c2cc(O)ccc2C(=NN(c2ccc([N+](=O)[O-])cc2[N+](=O)[O-])c2ccc([N+](=O)[O-])cc2[N+](=O)[O-])c2ccc(O)cc21. The lowest BCUT2D eigenvalue weighted by molar-refractivity contribution is -0.393. The molecule has 17 heteroatoms. The number of aromatic hydroxyl groups is 2. The maximum Gasteiger partial charge on any atom is 0.301 e. The average molecular weight is 586 g/mol. The van der Waals surface area contributed by atoms with Gasteiger partial charge in [-0.15, -0.1) is 0 Å². The molecule has 4 aromatic rings. The third-order valence-electron chi connectivity index (χ3n) is 6.40. The number of nitro groups is 4. The van der Waals surface area contributed by atoms with Crippen LogP contribution < -0.4 is 5.01 Å². The van der Waals surface area contributed by atoms with Gasteiger partial charge in [-0.1, -0.05) is 0 Å². The molecule has 0 bridgehead atoms. The molecule has 2 N–H and O–H groups in total. The maximum absolute atomic E-state index is 13.3. The van der Waals surface area contributed by atoms with Gasteiger partial charge < -0.3 is 10.2 Å². The van der Waals surface area contributed by atoms with E-state index >= 15 is 0 Å². The van der Waals surface area contributed by atoms with E-state index in [-0.39, 0.29) is 39.5 Å². The smallest absolute Gasteiger partial charge is 0.301 e. The fraction of sp³-hybridized carbons (Fsp3) is 0. The fourth-order valence-corrected chi connectivity index (χ4v) is 4.49. The summed E-state index contributed by atoms with van der Waals surface area (Å²) in [5.74, 6) is -1.22. The zero-order valence-electron chi connectivity index (χ0n) is 21.2. The van der Waals surface area contributed by atoms with Gasteiger partial charge in [0.15, 0.2) is 5.78 Å². The fourth-order valence-electron chi connectivity index (χ4n) is 4.49. The van der Waals surface area contributed by atoms with Crippen molar-refractivity contribution < 1.29 is 34.7 Å². The Morgan fingerprint density at radius 2 is 0.977 bits per heavy atom. The number of hydrogen-bond donors (Lipinski definition) is 2. The number of hydrazone groups is 1. The van der Waals surface area contributed by atoms with Gasteiger partial charge in [-0.2, -0.15) is 5.10 Å². The van der Waals surface area contributed by atoms with Gasteiger partial charge >= 0.3 is 11.4 Å². The number of ketones is 1. The molecule has 4 aromatic carbocycles. The number of non-ortho nitro benzene ring substituents is 2. The summed E-state index contributed by atoms with van der Waals surface area (Å²) in [6.07, 6.45) is 0. The van der Waals surface area contributed by atoms with E-state index in [2.05, 4.69) is 5.10 Å². The van der Waals surface area contributed by atoms with E-state index in [1.807, 2.05) is 0 Å². The van der Waals surface area contributed by atoms with E-state index in [0.29, 0.717) is 17.1 Å². The van der Waals surface area contributed by atoms with Crippen molar-refractivity contribution in [3.05, 3.63) is 136 Å². The van der Waals surface area contributed by atoms with Crippen LogP contribution in [0.15, 0.2) is 77.9 Å². The second kappa shape index (κ2) is 10.3. The summed E-state index contributed by atoms with van der Waals surface area (Å²) in [7, 11) is 0. The minimum absolute atomic E-state index is 0.0834. The highest BCUT2D eigenvalue weighted by molar-refractivity contribution is 6.30. The van der Waals surface area contributed by atoms with Crippen molar-refractivity contribution >= 4 is 45.6 Å². The average Bonchev–Trinajstić information content (AvgIpc) is 2.96. The van der Waals surface area contributed by atoms with Gasteiger partial charge in [0, 0.05) is 34.4 Å². The number of phenolic OH excluding ortho intramolecular Hbond substituents is 2. The number of carbonyl (C=O) groups excluding carboxylic acids is 1. The Bertz CT molecular complexity index is 1820. The zero-order chi connectivity index (χ0) is 31.2. The third kappa shape index (κ3) is 4.88. The predicted molar refractivity (Wildman–Crippen MR) is 147 cm³/mol. The quantitative estimate of drug-likeness (QED) is 0.192. The van der Waals surface area contributed by atoms with Crippen LogP contribution in [-0.2, 0) is 0 Å². The van der Waals surface area contributed by atoms with Gasteiger partial charge in [0.25, 0.3) is 11.4 Å². The van der Waals surface area contributed by atoms with Crippen LogP contribution in [0, 0.1) is 40.5 Å². The number of anilines is 2. The minimum atomic E-state index is -0.977. The van der Waals surface area contributed by atoms with Crippen LogP contribution in [-0.4, -0.2) is 41.4 Å². The van der Waals surface area contributed by atoms with Crippen LogP contribution in [0.4, 0.5) is 34.1 Å². The van der Waals surface area contributed by atoms with Crippen LogP contribution in [0.2, 0.25) is 0 Å². The second-order valence-corrected chi connectivity index (χ2v) is 8.92. The van der Waals surface area contributed by atoms with Crippen LogP contribution in [0.25, 0.3) is 0 Å². The number of rotatable bonds is 7. The first-order valence-electron chi connectivity index (χ1n) is 11.8. The number of fused-ring (bicyclic) bond motifs is 2. The largest absolute Gasteiger partial charge is 0.508 e. The Balaban J connectivity index is 1.90. The predicted octanol–water partition coefficient (Wildman–Crippen LogP) is 4.87. The lowest BCUT2D eigenvalue weighted by Gasteiger charge is -2.25. The summed E-state index contributed by atoms with van der Waals surface area (Å²) in [4.78, 5) is 56.4. The Hall–Kier alpha value is -6.78. The van der Waals surface area contributed by atoms with Crippen LogP contribution >= 0.6 is 0 Å². The van der Waals surface area contributed by atoms with Crippen molar-refractivity contribution in [2.24, 2.45) is 5.10 Å². The molecule has 0 unspecified atom stereocenters. The normalized spacial score (nSPS) is 11.7. The molecule has 0 aliphatic heterocycles. The first-order valence-corrected chi connectivity index (χ1v) is 11.8. The number of carbonyl (C=O) groups is 1. The van der Waals surface area contributed by atoms with E-state index < -0.39 is 59.6 Å². The molecule has 0 heterocycles. The molecule has 0 fully saturated rings. The Morgan fingerprint density at radius 1 is 0.558 bits per heavy atom. The van der Waals surface area contributed by atoms with Crippen LogP contribution in [0.1, 0.15) is 27.0 Å². The van der Waals surface area contributed by atoms with Crippen molar-refractivity contribution in [2.75, 3.05) is 5.01 Å². The van der Waals surface area contributed by atoms with E-state index in [4.69, 9.17) is 0 Å². The van der Waals surface area contributed by atoms with Gasteiger partial charge in [-0.05, 0) is 48.5 Å². The molecule has 0 aromatic heterocycles. The van der Waals surface area contributed by atoms with Crippen molar-refractivity contribution in [3.8, 4) is 11.5 Å². The second-order valence-electron chi connectivity index (χ2n) is 8.92. The summed E-state index contributed by atoms with van der Waals surface area (Å²) in [6.45, 7) is 0. The zero-order valence-corrected chi connectivity index (χ0v) is 21.2. The first-order chi connectivity index (χ1) is 20.4. The van der Waals surface area contributed by atoms with E-state index in [1.54, 1.807) is 0 Å². The third-order valence-corrected chi connectivity index (χ3v) is 6.40. The number of benzene rings is 4. The summed E-state index contributed by atoms with van der Waals surface area (Å²) >= 11 is 0. The topological polar surface area (TPSA) is 246 Å². The Labute approximate surface area is 237 Å². The highest BCUT2D eigenvalue weighted by Gasteiger charge is 2.34. The maximum atomic E-state index is 13.3. The standard InChI is InChI=1S/C26H14N6O11/c33-15-3-5-17-19(11-15)26(35)20-12-16(34)4-6-18(20)25(17)27-28(21-7-1-13(29(36)37)9-23(21)31(40)41)22-8-2-14(30(38)39)10-24(22)32(42)43/h1-12,33-34H. The lowest BCUT2D eigenvalue weighted by atomic mass is 9.83. The summed E-state index contributed by atoms with van der Waals surface area (Å²) < 4.78 is 0. The van der Waals surface area contributed by atoms with Crippen molar-refractivity contribution in [1.82, 2.24) is 0 Å². The molecule has 0 spiro atoms. The molecule has 17 nitrogen and oxygen atoms in total. The monoisotopic (exact) mass is 586 g/mol. The summed E-state index contributed by atoms with van der Waals surface area (Å²) in [6, 6.07) is 12.2. The van der Waals surface area contributed by atoms with Gasteiger partial charge in [-0.3, -0.25) is 45.3 Å². The van der Waals surface area contributed by atoms with Crippen LogP contribution in [0.3, 0.4) is 0 Å². The van der Waals surface area contributed by atoms with E-state index in [0.717, 1.165) is 36.4 Å². The molecule has 0 radical (unpaired) electrons. The Kier molecular flexibility index (Phi) is 6.67. The highest BCUT2D eigenvalue weighted by atomic mass is 16.6. The summed E-state index contributed by atoms with van der Waals surface area (Å²) in [5.41, 5.74) is -4.26. The van der Waals surface area contributed by atoms with E-state index in [9.17, 15) is 55.5 Å². The number of hydrogen-bond acceptors (Lipinski definition) is 13. The molecule has 214 valence electrons. The summed E-state index contributed by atoms with van der Waals surface area (Å²) in [5, 5.41) is 72.2.